The average molecular weight is 345 g/mol. The molecule has 2 aromatic carbocycles. The Labute approximate surface area is 140 Å². The molecule has 2 aromatic rings. The van der Waals surface area contributed by atoms with Gasteiger partial charge in [0, 0.05) is 16.0 Å². The Morgan fingerprint density at radius 3 is 2.13 bits per heavy atom. The molecule has 0 saturated heterocycles. The highest BCUT2D eigenvalue weighted by atomic mass is 35.5. The van der Waals surface area contributed by atoms with Crippen molar-refractivity contribution in [2.75, 3.05) is 0 Å². The fourth-order valence-corrected chi connectivity index (χ4v) is 3.58. The molecule has 4 nitrogen and oxygen atoms in total. The van der Waals surface area contributed by atoms with E-state index in [1.165, 1.54) is 6.07 Å². The summed E-state index contributed by atoms with van der Waals surface area (Å²) in [4.78, 5) is 36.6. The minimum atomic E-state index is -1.11. The van der Waals surface area contributed by atoms with Gasteiger partial charge in [-0.05, 0) is 12.1 Å². The van der Waals surface area contributed by atoms with E-state index < -0.39 is 11.8 Å². The molecule has 1 aliphatic rings. The summed E-state index contributed by atoms with van der Waals surface area (Å²) in [6.07, 6.45) is 0. The fraction of sp³-hybridized carbons (Fsp3) is 0. The van der Waals surface area contributed by atoms with Crippen molar-refractivity contribution < 1.29 is 19.5 Å². The number of hydrogen-bond donors (Lipinski definition) is 1. The van der Waals surface area contributed by atoms with Gasteiger partial charge in [0.2, 0.25) is 11.6 Å². The average Bonchev–Trinajstić information content (AvgIpc) is 2.57. The number of allylic oxidation sites excluding steroid dienone is 2. The molecule has 3 rings (SSSR count). The smallest absolute Gasteiger partial charge is 0.336 e. The normalized spacial score (nSPS) is 14.0. The molecule has 0 fully saturated rings. The highest BCUT2D eigenvalue weighted by Crippen LogP contribution is 2.39. The van der Waals surface area contributed by atoms with E-state index in [-0.39, 0.29) is 32.4 Å². The van der Waals surface area contributed by atoms with Crippen LogP contribution >= 0.6 is 23.4 Å². The van der Waals surface area contributed by atoms with Crippen molar-refractivity contribution in [3.8, 4) is 0 Å². The summed E-state index contributed by atoms with van der Waals surface area (Å²) in [5, 5.41) is 9.04. The molecule has 0 unspecified atom stereocenters. The van der Waals surface area contributed by atoms with E-state index in [0.29, 0.717) is 4.90 Å². The largest absolute Gasteiger partial charge is 0.478 e. The second-order valence-electron chi connectivity index (χ2n) is 4.75. The highest BCUT2D eigenvalue weighted by Gasteiger charge is 2.32. The van der Waals surface area contributed by atoms with E-state index in [1.807, 2.05) is 0 Å². The quantitative estimate of drug-likeness (QED) is 0.911. The van der Waals surface area contributed by atoms with E-state index in [2.05, 4.69) is 0 Å². The first-order chi connectivity index (χ1) is 11.0. The van der Waals surface area contributed by atoms with Gasteiger partial charge in [0.15, 0.2) is 0 Å². The van der Waals surface area contributed by atoms with Gasteiger partial charge in [0.25, 0.3) is 0 Å². The molecular formula is C17H9ClO4S. The molecule has 1 N–H and O–H groups in total. The molecule has 114 valence electrons. The standard InChI is InChI=1S/C17H9ClO4S/c18-13-14(19)9-5-1-2-6-10(9)15(20)16(13)23-12-8-4-3-7-11(12)17(21)22/h1-8H,(H,21,22). The SMILES string of the molecule is O=C(O)c1ccccc1SC1=C(Cl)C(=O)c2ccccc2C1=O. The number of carbonyl (C=O) groups excluding carboxylic acids is 2. The third-order valence-electron chi connectivity index (χ3n) is 3.35. The van der Waals surface area contributed by atoms with E-state index in [0.717, 1.165) is 11.8 Å². The summed E-state index contributed by atoms with van der Waals surface area (Å²) in [6, 6.07) is 12.7. The zero-order valence-corrected chi connectivity index (χ0v) is 13.1. The number of carbonyl (C=O) groups is 3. The lowest BCUT2D eigenvalue weighted by molar-refractivity contribution is 0.0692. The Morgan fingerprint density at radius 2 is 1.48 bits per heavy atom. The highest BCUT2D eigenvalue weighted by molar-refractivity contribution is 8.04. The number of Topliss-reactive ketones (excluding diaryl/α,β-unsaturated/α-hetero) is 2. The molecule has 0 spiro atoms. The first-order valence-corrected chi connectivity index (χ1v) is 7.78. The number of aromatic carboxylic acids is 1. The van der Waals surface area contributed by atoms with Crippen LogP contribution in [0.3, 0.4) is 0 Å². The maximum absolute atomic E-state index is 12.6. The monoisotopic (exact) mass is 344 g/mol. The first kappa shape index (κ1) is 15.5. The first-order valence-electron chi connectivity index (χ1n) is 6.59. The summed E-state index contributed by atoms with van der Waals surface area (Å²) in [5.74, 6) is -1.92. The van der Waals surface area contributed by atoms with Gasteiger partial charge in [0.05, 0.1) is 10.5 Å². The molecule has 1 aliphatic carbocycles. The van der Waals surface area contributed by atoms with Crippen LogP contribution in [-0.2, 0) is 0 Å². The minimum Gasteiger partial charge on any atom is -0.478 e. The predicted molar refractivity (Wildman–Crippen MR) is 87.2 cm³/mol. The fourth-order valence-electron chi connectivity index (χ4n) is 2.26. The maximum Gasteiger partial charge on any atom is 0.336 e. The summed E-state index contributed by atoms with van der Waals surface area (Å²) in [6.45, 7) is 0. The molecule has 0 aromatic heterocycles. The minimum absolute atomic E-state index is 0.0454. The molecule has 0 heterocycles. The third kappa shape index (κ3) is 2.69. The van der Waals surface area contributed by atoms with Crippen LogP contribution in [0.4, 0.5) is 0 Å². The lowest BCUT2D eigenvalue weighted by atomic mass is 9.95. The Balaban J connectivity index is 2.08. The van der Waals surface area contributed by atoms with Gasteiger partial charge < -0.3 is 5.11 Å². The van der Waals surface area contributed by atoms with Crippen molar-refractivity contribution in [3.63, 3.8) is 0 Å². The second kappa shape index (κ2) is 6.02. The van der Waals surface area contributed by atoms with Crippen LogP contribution in [0.15, 0.2) is 63.4 Å². The van der Waals surface area contributed by atoms with Crippen LogP contribution in [0.2, 0.25) is 0 Å². The molecule has 0 radical (unpaired) electrons. The molecule has 0 aliphatic heterocycles. The van der Waals surface area contributed by atoms with Gasteiger partial charge in [-0.3, -0.25) is 9.59 Å². The Morgan fingerprint density at radius 1 is 0.913 bits per heavy atom. The molecule has 23 heavy (non-hydrogen) atoms. The van der Waals surface area contributed by atoms with Crippen molar-refractivity contribution >= 4 is 40.9 Å². The molecule has 0 bridgehead atoms. The van der Waals surface area contributed by atoms with E-state index in [9.17, 15) is 19.5 Å². The van der Waals surface area contributed by atoms with Crippen LogP contribution in [-0.4, -0.2) is 22.6 Å². The van der Waals surface area contributed by atoms with Crippen LogP contribution in [0.5, 0.6) is 0 Å². The van der Waals surface area contributed by atoms with Crippen molar-refractivity contribution in [1.29, 1.82) is 0 Å². The zero-order valence-electron chi connectivity index (χ0n) is 11.6. The summed E-state index contributed by atoms with van der Waals surface area (Å²) in [5.41, 5.74) is 0.587. The summed E-state index contributed by atoms with van der Waals surface area (Å²) in [7, 11) is 0. The van der Waals surface area contributed by atoms with E-state index in [4.69, 9.17) is 11.6 Å². The molecule has 0 atom stereocenters. The van der Waals surface area contributed by atoms with Crippen LogP contribution in [0, 0.1) is 0 Å². The van der Waals surface area contributed by atoms with Gasteiger partial charge in [-0.15, -0.1) is 0 Å². The number of ketones is 2. The van der Waals surface area contributed by atoms with Crippen molar-refractivity contribution in [2.24, 2.45) is 0 Å². The molecule has 6 heteroatoms. The second-order valence-corrected chi connectivity index (χ2v) is 6.18. The summed E-state index contributed by atoms with van der Waals surface area (Å²) >= 11 is 6.98. The number of fused-ring (bicyclic) bond motifs is 1. The summed E-state index contributed by atoms with van der Waals surface area (Å²) < 4.78 is 0. The number of carboxylic acid groups (broad SMARTS) is 1. The van der Waals surface area contributed by atoms with Crippen LogP contribution in [0.1, 0.15) is 31.1 Å². The zero-order chi connectivity index (χ0) is 16.6. The van der Waals surface area contributed by atoms with Gasteiger partial charge >= 0.3 is 5.97 Å². The molecular weight excluding hydrogens is 336 g/mol. The Kier molecular flexibility index (Phi) is 4.07. The van der Waals surface area contributed by atoms with Crippen LogP contribution < -0.4 is 0 Å². The van der Waals surface area contributed by atoms with Gasteiger partial charge in [-0.1, -0.05) is 59.8 Å². The maximum atomic E-state index is 12.6. The number of hydrogen-bond acceptors (Lipinski definition) is 4. The molecule has 0 amide bonds. The Hall–Kier alpha value is -2.37. The molecule has 0 saturated carbocycles. The Bertz CT molecular complexity index is 886. The topological polar surface area (TPSA) is 71.4 Å². The van der Waals surface area contributed by atoms with Gasteiger partial charge in [-0.25, -0.2) is 4.79 Å². The number of halogens is 1. The number of benzene rings is 2. The lowest BCUT2D eigenvalue weighted by Crippen LogP contribution is -2.18. The van der Waals surface area contributed by atoms with Crippen LogP contribution in [0.25, 0.3) is 0 Å². The van der Waals surface area contributed by atoms with E-state index >= 15 is 0 Å². The number of thioether (sulfide) groups is 1. The third-order valence-corrected chi connectivity index (χ3v) is 4.99. The van der Waals surface area contributed by atoms with Crippen molar-refractivity contribution in [2.45, 2.75) is 4.90 Å². The lowest BCUT2D eigenvalue weighted by Gasteiger charge is -2.17. The van der Waals surface area contributed by atoms with Gasteiger partial charge in [0.1, 0.15) is 5.03 Å². The number of rotatable bonds is 3. The van der Waals surface area contributed by atoms with Crippen molar-refractivity contribution in [1.82, 2.24) is 0 Å². The van der Waals surface area contributed by atoms with Crippen molar-refractivity contribution in [3.05, 3.63) is 75.2 Å². The van der Waals surface area contributed by atoms with Gasteiger partial charge in [-0.2, -0.15) is 0 Å². The van der Waals surface area contributed by atoms with E-state index in [1.54, 1.807) is 42.5 Å². The number of carboxylic acids is 1. The predicted octanol–water partition coefficient (Wildman–Crippen LogP) is 4.01.